The second-order valence-corrected chi connectivity index (χ2v) is 6.09. The van der Waals surface area contributed by atoms with E-state index in [0.717, 1.165) is 10.7 Å². The summed E-state index contributed by atoms with van der Waals surface area (Å²) in [5.41, 5.74) is -1.31. The molecular formula is C19H15F6N5. The molecule has 0 radical (unpaired) electrons. The van der Waals surface area contributed by atoms with Gasteiger partial charge in [0, 0.05) is 24.4 Å². The topological polar surface area (TPSA) is 55.6 Å². The second-order valence-electron chi connectivity index (χ2n) is 6.09. The molecule has 0 saturated carbocycles. The van der Waals surface area contributed by atoms with Crippen LogP contribution in [0.15, 0.2) is 36.7 Å². The molecule has 1 N–H and O–H groups in total. The summed E-state index contributed by atoms with van der Waals surface area (Å²) in [6.07, 6.45) is -0.848. The van der Waals surface area contributed by atoms with Gasteiger partial charge < -0.3 is 5.32 Å². The molecule has 1 aromatic carbocycles. The van der Waals surface area contributed by atoms with Crippen molar-refractivity contribution in [1.29, 1.82) is 0 Å². The number of hydrogen-bond acceptors (Lipinski definition) is 4. The molecule has 0 unspecified atom stereocenters. The Morgan fingerprint density at radius 3 is 2.23 bits per heavy atom. The van der Waals surface area contributed by atoms with Crippen LogP contribution in [0.4, 0.5) is 32.2 Å². The Bertz CT molecular complexity index is 1060. The van der Waals surface area contributed by atoms with Crippen LogP contribution in [-0.2, 0) is 12.7 Å². The molecule has 11 heteroatoms. The first kappa shape index (κ1) is 21.3. The highest BCUT2D eigenvalue weighted by Crippen LogP contribution is 2.31. The first-order valence-electron chi connectivity index (χ1n) is 8.69. The van der Waals surface area contributed by atoms with Gasteiger partial charge >= 0.3 is 6.18 Å². The maximum absolute atomic E-state index is 14.0. The van der Waals surface area contributed by atoms with Gasteiger partial charge in [-0.1, -0.05) is 6.08 Å². The number of nitrogens with zero attached hydrogens (tertiary/aromatic N) is 4. The van der Waals surface area contributed by atoms with Crippen LogP contribution in [0.25, 0.3) is 17.1 Å². The summed E-state index contributed by atoms with van der Waals surface area (Å²) in [6.45, 7) is 3.31. The van der Waals surface area contributed by atoms with E-state index >= 15 is 0 Å². The minimum Gasteiger partial charge on any atom is -0.339 e. The predicted molar refractivity (Wildman–Crippen MR) is 97.5 cm³/mol. The Balaban J connectivity index is 1.89. The van der Waals surface area contributed by atoms with Gasteiger partial charge in [0.25, 0.3) is 0 Å². The lowest BCUT2D eigenvalue weighted by Crippen LogP contribution is -2.08. The van der Waals surface area contributed by atoms with Crippen molar-refractivity contribution in [1.82, 2.24) is 19.7 Å². The van der Waals surface area contributed by atoms with Crippen LogP contribution in [0.5, 0.6) is 0 Å². The number of nitrogens with one attached hydrogen (secondary N) is 1. The zero-order chi connectivity index (χ0) is 22.1. The third kappa shape index (κ3) is 4.29. The number of halogens is 6. The van der Waals surface area contributed by atoms with E-state index in [1.807, 2.05) is 0 Å². The number of rotatable bonds is 5. The molecule has 0 bridgehead atoms. The fourth-order valence-corrected chi connectivity index (χ4v) is 2.74. The highest BCUT2D eigenvalue weighted by molar-refractivity contribution is 5.76. The van der Waals surface area contributed by atoms with Gasteiger partial charge in [0.05, 0.1) is 23.7 Å². The Labute approximate surface area is 167 Å². The standard InChI is InChI=1S/C19H15F6N5/c1-3-13(18-11(21)5-10(20)6-12(18)22)28-17-9-26-14(8-27-17)15-7-16(19(23,24)25)29-30(15)4-2/h3,5-9H,4H2,1-2H3,(H,27,28)/b13-3+. The molecule has 0 atom stereocenters. The van der Waals surface area contributed by atoms with Gasteiger partial charge in [-0.3, -0.25) is 4.68 Å². The lowest BCUT2D eigenvalue weighted by atomic mass is 10.1. The molecule has 158 valence electrons. The van der Waals surface area contributed by atoms with E-state index in [2.05, 4.69) is 20.4 Å². The van der Waals surface area contributed by atoms with Crippen molar-refractivity contribution >= 4 is 11.5 Å². The molecule has 3 aromatic rings. The van der Waals surface area contributed by atoms with Gasteiger partial charge in [-0.05, 0) is 19.9 Å². The number of aryl methyl sites for hydroxylation is 1. The minimum absolute atomic E-state index is 0.0231. The van der Waals surface area contributed by atoms with Crippen molar-refractivity contribution in [3.8, 4) is 11.4 Å². The molecule has 0 aliphatic carbocycles. The highest BCUT2D eigenvalue weighted by atomic mass is 19.4. The Kier molecular flexibility index (Phi) is 5.81. The molecule has 0 aliphatic rings. The van der Waals surface area contributed by atoms with Crippen LogP contribution in [0.2, 0.25) is 0 Å². The Morgan fingerprint density at radius 2 is 1.73 bits per heavy atom. The Hall–Kier alpha value is -3.37. The van der Waals surface area contributed by atoms with Crippen molar-refractivity contribution < 1.29 is 26.3 Å². The first-order valence-corrected chi connectivity index (χ1v) is 8.69. The van der Waals surface area contributed by atoms with E-state index in [4.69, 9.17) is 0 Å². The predicted octanol–water partition coefficient (Wildman–Crippen LogP) is 5.27. The van der Waals surface area contributed by atoms with Crippen LogP contribution in [0.1, 0.15) is 25.1 Å². The zero-order valence-electron chi connectivity index (χ0n) is 15.7. The van der Waals surface area contributed by atoms with Gasteiger partial charge in [0.2, 0.25) is 0 Å². The number of anilines is 1. The first-order chi connectivity index (χ1) is 14.1. The average Bonchev–Trinajstić information content (AvgIpc) is 3.12. The summed E-state index contributed by atoms with van der Waals surface area (Å²) in [4.78, 5) is 8.10. The van der Waals surface area contributed by atoms with E-state index in [9.17, 15) is 26.3 Å². The van der Waals surface area contributed by atoms with E-state index in [-0.39, 0.29) is 29.4 Å². The number of allylic oxidation sites excluding steroid dienone is 1. The molecule has 5 nitrogen and oxygen atoms in total. The van der Waals surface area contributed by atoms with Gasteiger partial charge in [0.15, 0.2) is 5.69 Å². The van der Waals surface area contributed by atoms with Gasteiger partial charge in [-0.2, -0.15) is 18.3 Å². The zero-order valence-corrected chi connectivity index (χ0v) is 15.7. The lowest BCUT2D eigenvalue weighted by molar-refractivity contribution is -0.141. The van der Waals surface area contributed by atoms with Crippen molar-refractivity contribution in [3.63, 3.8) is 0 Å². The summed E-state index contributed by atoms with van der Waals surface area (Å²) in [6, 6.07) is 1.95. The minimum atomic E-state index is -4.60. The molecule has 0 fully saturated rings. The number of aromatic nitrogens is 4. The molecule has 0 amide bonds. The molecule has 0 aliphatic heterocycles. The summed E-state index contributed by atoms with van der Waals surface area (Å²) in [7, 11) is 0. The van der Waals surface area contributed by atoms with Gasteiger partial charge in [-0.25, -0.2) is 23.1 Å². The molecule has 2 heterocycles. The Morgan fingerprint density at radius 1 is 1.07 bits per heavy atom. The average molecular weight is 427 g/mol. The van der Waals surface area contributed by atoms with Crippen molar-refractivity contribution in [3.05, 3.63) is 65.4 Å². The van der Waals surface area contributed by atoms with Crippen molar-refractivity contribution in [2.45, 2.75) is 26.6 Å². The lowest BCUT2D eigenvalue weighted by Gasteiger charge is -2.12. The number of benzene rings is 1. The maximum Gasteiger partial charge on any atom is 0.435 e. The molecule has 0 saturated heterocycles. The van der Waals surface area contributed by atoms with Crippen molar-refractivity contribution in [2.24, 2.45) is 0 Å². The summed E-state index contributed by atoms with van der Waals surface area (Å²) < 4.78 is 81.1. The third-order valence-electron chi connectivity index (χ3n) is 4.11. The molecule has 3 rings (SSSR count). The van der Waals surface area contributed by atoms with Gasteiger partial charge in [0.1, 0.15) is 29.0 Å². The molecule has 30 heavy (non-hydrogen) atoms. The van der Waals surface area contributed by atoms with Crippen LogP contribution in [0, 0.1) is 17.5 Å². The van der Waals surface area contributed by atoms with E-state index in [0.29, 0.717) is 12.1 Å². The number of alkyl halides is 3. The summed E-state index contributed by atoms with van der Waals surface area (Å²) in [5, 5.41) is 6.18. The van der Waals surface area contributed by atoms with E-state index < -0.39 is 34.9 Å². The van der Waals surface area contributed by atoms with Gasteiger partial charge in [-0.15, -0.1) is 0 Å². The van der Waals surface area contributed by atoms with E-state index in [1.54, 1.807) is 6.92 Å². The fourth-order valence-electron chi connectivity index (χ4n) is 2.74. The molecule has 0 spiro atoms. The molecular weight excluding hydrogens is 412 g/mol. The second kappa shape index (κ2) is 8.17. The quantitative estimate of drug-likeness (QED) is 0.564. The largest absolute Gasteiger partial charge is 0.435 e. The molecule has 2 aromatic heterocycles. The van der Waals surface area contributed by atoms with Crippen LogP contribution >= 0.6 is 0 Å². The number of hydrogen-bond donors (Lipinski definition) is 1. The van der Waals surface area contributed by atoms with Crippen LogP contribution < -0.4 is 5.32 Å². The SMILES string of the molecule is C/C=C(/Nc1cnc(-c2cc(C(F)(F)F)nn2CC)cn1)c1c(F)cc(F)cc1F. The normalized spacial score (nSPS) is 12.3. The van der Waals surface area contributed by atoms with E-state index in [1.165, 1.54) is 25.4 Å². The third-order valence-corrected chi connectivity index (χ3v) is 4.11. The maximum atomic E-state index is 14.0. The van der Waals surface area contributed by atoms with Crippen LogP contribution in [0.3, 0.4) is 0 Å². The van der Waals surface area contributed by atoms with Crippen LogP contribution in [-0.4, -0.2) is 19.7 Å². The summed E-state index contributed by atoms with van der Waals surface area (Å²) in [5.74, 6) is -3.19. The fraction of sp³-hybridized carbons (Fsp3) is 0.211. The smallest absolute Gasteiger partial charge is 0.339 e. The highest BCUT2D eigenvalue weighted by Gasteiger charge is 2.35. The summed E-state index contributed by atoms with van der Waals surface area (Å²) >= 11 is 0. The van der Waals surface area contributed by atoms with Crippen molar-refractivity contribution in [2.75, 3.05) is 5.32 Å². The monoisotopic (exact) mass is 427 g/mol.